The maximum atomic E-state index is 14.4. The highest BCUT2D eigenvalue weighted by Crippen LogP contribution is 2.26. The Balaban J connectivity index is 1.99. The number of nitrogens with one attached hydrogen (secondary N) is 7. The highest BCUT2D eigenvalue weighted by molar-refractivity contribution is 8.76. The summed E-state index contributed by atoms with van der Waals surface area (Å²) in [6.45, 7) is 6.72. The summed E-state index contributed by atoms with van der Waals surface area (Å²) in [4.78, 5) is 135. The number of hydrogen-bond donors (Lipinski definition) is 11. The van der Waals surface area contributed by atoms with Crippen molar-refractivity contribution in [3.05, 3.63) is 29.8 Å². The van der Waals surface area contributed by atoms with Gasteiger partial charge >= 0.3 is 0 Å². The van der Waals surface area contributed by atoms with Crippen LogP contribution >= 0.6 is 21.6 Å². The van der Waals surface area contributed by atoms with Crippen LogP contribution in [0.25, 0.3) is 0 Å². The zero-order chi connectivity index (χ0) is 50.5. The molecule has 14 N–H and O–H groups in total. The van der Waals surface area contributed by atoms with Gasteiger partial charge in [0, 0.05) is 30.9 Å². The number of nitrogens with zero attached hydrogens (tertiary/aromatic N) is 1. The zero-order valence-corrected chi connectivity index (χ0v) is 40.5. The molecule has 1 aromatic carbocycles. The molecule has 2 heterocycles. The van der Waals surface area contributed by atoms with Crippen LogP contribution in [0.1, 0.15) is 78.2 Å². The summed E-state index contributed by atoms with van der Waals surface area (Å²) in [5.41, 5.74) is 17.0. The quantitative estimate of drug-likeness (QED) is 0.0652. The molecular weight excluding hydrogens is 927 g/mol. The molecule has 9 atom stereocenters. The lowest BCUT2D eigenvalue weighted by Gasteiger charge is -2.31. The number of rotatable bonds is 18. The van der Waals surface area contributed by atoms with Crippen molar-refractivity contribution in [1.29, 1.82) is 0 Å². The minimum Gasteiger partial charge on any atom is -0.494 e. The normalized spacial score (nSPS) is 23.8. The summed E-state index contributed by atoms with van der Waals surface area (Å²) >= 11 is 0. The van der Waals surface area contributed by atoms with Gasteiger partial charge < -0.3 is 69.2 Å². The van der Waals surface area contributed by atoms with Gasteiger partial charge in [-0.25, -0.2) is 0 Å². The number of amides is 10. The Morgan fingerprint density at radius 1 is 0.868 bits per heavy atom. The number of primary amides is 2. The van der Waals surface area contributed by atoms with Gasteiger partial charge in [0.25, 0.3) is 0 Å². The number of carbonyl (C=O) groups is 10. The second kappa shape index (κ2) is 28.6. The summed E-state index contributed by atoms with van der Waals surface area (Å²) < 4.78 is 5.53. The van der Waals surface area contributed by atoms with Crippen molar-refractivity contribution in [3.63, 3.8) is 0 Å². The van der Waals surface area contributed by atoms with E-state index in [-0.39, 0.29) is 50.3 Å². The number of benzene rings is 1. The largest absolute Gasteiger partial charge is 0.494 e. The third-order valence-electron chi connectivity index (χ3n) is 11.2. The molecule has 0 spiro atoms. The van der Waals surface area contributed by atoms with Crippen molar-refractivity contribution in [2.45, 2.75) is 127 Å². The van der Waals surface area contributed by atoms with Gasteiger partial charge in [0.2, 0.25) is 59.1 Å². The van der Waals surface area contributed by atoms with E-state index in [1.54, 1.807) is 38.1 Å². The highest BCUT2D eigenvalue weighted by Gasteiger charge is 2.41. The topological polar surface area (TPSA) is 366 Å². The van der Waals surface area contributed by atoms with E-state index >= 15 is 0 Å². The Hall–Kier alpha value is -5.66. The third kappa shape index (κ3) is 18.1. The van der Waals surface area contributed by atoms with Gasteiger partial charge in [-0.05, 0) is 69.7 Å². The predicted molar refractivity (Wildman–Crippen MR) is 253 cm³/mol. The summed E-state index contributed by atoms with van der Waals surface area (Å²) in [5.74, 6) is -8.07. The molecule has 0 aromatic heterocycles. The number of carbonyl (C=O) groups excluding carboxylic acids is 10. The van der Waals surface area contributed by atoms with Gasteiger partial charge in [0.15, 0.2) is 0 Å². The van der Waals surface area contributed by atoms with E-state index < -0.39 is 126 Å². The van der Waals surface area contributed by atoms with Crippen LogP contribution in [-0.4, -0.2) is 155 Å². The third-order valence-corrected chi connectivity index (χ3v) is 13.6. The number of aliphatic hydroxyl groups is 1. The van der Waals surface area contributed by atoms with Crippen molar-refractivity contribution >= 4 is 80.7 Å². The van der Waals surface area contributed by atoms with Crippen LogP contribution < -0.4 is 59.2 Å². The van der Waals surface area contributed by atoms with Gasteiger partial charge in [-0.15, -0.1) is 0 Å². The van der Waals surface area contributed by atoms with Crippen molar-refractivity contribution in [1.82, 2.24) is 42.1 Å². The van der Waals surface area contributed by atoms with E-state index in [1.807, 2.05) is 6.92 Å². The second-order valence-corrected chi connectivity index (χ2v) is 19.1. The summed E-state index contributed by atoms with van der Waals surface area (Å²) in [6.07, 6.45) is -1.05. The molecule has 10 amide bonds. The Kier molecular flexibility index (Phi) is 23.8. The van der Waals surface area contributed by atoms with Gasteiger partial charge in [-0.2, -0.15) is 0 Å². The number of nitrogens with two attached hydrogens (primary N) is 3. The molecule has 2 aliphatic heterocycles. The molecule has 0 saturated carbocycles. The average molecular weight is 994 g/mol. The van der Waals surface area contributed by atoms with E-state index in [0.29, 0.717) is 37.2 Å². The van der Waals surface area contributed by atoms with Crippen molar-refractivity contribution in [2.75, 3.05) is 37.7 Å². The van der Waals surface area contributed by atoms with E-state index in [4.69, 9.17) is 21.9 Å². The molecule has 68 heavy (non-hydrogen) atoms. The van der Waals surface area contributed by atoms with E-state index in [0.717, 1.165) is 10.8 Å². The molecule has 0 bridgehead atoms. The first-order chi connectivity index (χ1) is 32.3. The Bertz CT molecular complexity index is 1950. The van der Waals surface area contributed by atoms with Crippen LogP contribution in [0.4, 0.5) is 0 Å². The average Bonchev–Trinajstić information content (AvgIpc) is 3.79. The first-order valence-electron chi connectivity index (χ1n) is 22.6. The van der Waals surface area contributed by atoms with Crippen LogP contribution in [0.3, 0.4) is 0 Å². The van der Waals surface area contributed by atoms with Gasteiger partial charge in [0.05, 0.1) is 25.7 Å². The molecule has 2 saturated heterocycles. The Morgan fingerprint density at radius 2 is 1.53 bits per heavy atom. The molecular formula is C43H67N11O12S2. The van der Waals surface area contributed by atoms with Crippen LogP contribution in [0, 0.1) is 5.92 Å². The predicted octanol–water partition coefficient (Wildman–Crippen LogP) is -3.04. The van der Waals surface area contributed by atoms with Crippen molar-refractivity contribution in [3.8, 4) is 5.75 Å². The van der Waals surface area contributed by atoms with E-state index in [2.05, 4.69) is 37.2 Å². The molecule has 1 aromatic rings. The smallest absolute Gasteiger partial charge is 0.246 e. The SMILES string of the molecule is CCOc1ccc(C[C@H]2NC(=O)CCSSC[C@@H](C(=O)N3CCC[C@H]3C(=O)N[C@@H](CCCN)C(=O)NCC(N)=O)NC(=O)[C@H](CC(N)=O)NC(=O)[C@@H]([C@H](C)O)NC(=O)[C@H]([C@@H](C)CC)NC2=O)cc1. The number of ether oxygens (including phenoxy) is 1. The molecule has 2 fully saturated rings. The lowest BCUT2D eigenvalue weighted by Crippen LogP contribution is -2.63. The Morgan fingerprint density at radius 3 is 2.15 bits per heavy atom. The molecule has 0 radical (unpaired) electrons. The van der Waals surface area contributed by atoms with Gasteiger partial charge in [-0.3, -0.25) is 47.9 Å². The van der Waals surface area contributed by atoms with Crippen LogP contribution in [0.2, 0.25) is 0 Å². The molecule has 2 aliphatic rings. The highest BCUT2D eigenvalue weighted by atomic mass is 33.1. The fourth-order valence-electron chi connectivity index (χ4n) is 7.29. The fraction of sp³-hybridized carbons (Fsp3) is 0.628. The standard InChI is InChI=1S/C43H67N11O12S2/c1-5-23(3)35-41(63)53-36(24(4)55)42(64)50-29(20-32(45)56)38(60)51-30(43(65)54-17-8-10-31(54)40(62)49-27(9-7-16-44)37(59)47-21-33(46)57)22-68-67-18-15-34(58)48-28(39(61)52-35)19-25-11-13-26(14-12-25)66-6-2/h11-14,23-24,27-31,35-36,55H,5-10,15-22,44H2,1-4H3,(H2,45,56)(H2,46,57)(H,47,59)(H,48,58)(H,49,62)(H,50,64)(H,51,60)(H,52,61)(H,53,63)/t23-,24-,27-,28+,29-,30-,31-,35-,36+/m0/s1. The van der Waals surface area contributed by atoms with Gasteiger partial charge in [0.1, 0.15) is 48.0 Å². The fourth-order valence-corrected chi connectivity index (χ4v) is 9.44. The number of likely N-dealkylation sites (tertiary alicyclic amines) is 1. The minimum absolute atomic E-state index is 0.0243. The molecule has 0 aliphatic carbocycles. The molecule has 23 nitrogen and oxygen atoms in total. The maximum Gasteiger partial charge on any atom is 0.246 e. The first-order valence-corrected chi connectivity index (χ1v) is 25.1. The van der Waals surface area contributed by atoms with Crippen LogP contribution in [-0.2, 0) is 54.4 Å². The minimum atomic E-state index is -1.74. The first kappa shape index (κ1) is 56.7. The zero-order valence-electron chi connectivity index (χ0n) is 38.8. The van der Waals surface area contributed by atoms with Crippen LogP contribution in [0.5, 0.6) is 5.75 Å². The molecule has 378 valence electrons. The maximum absolute atomic E-state index is 14.4. The second-order valence-electron chi connectivity index (χ2n) is 16.5. The van der Waals surface area contributed by atoms with Crippen LogP contribution in [0.15, 0.2) is 24.3 Å². The van der Waals surface area contributed by atoms with Gasteiger partial charge in [-0.1, -0.05) is 54.0 Å². The monoisotopic (exact) mass is 993 g/mol. The molecule has 0 unspecified atom stereocenters. The van der Waals surface area contributed by atoms with E-state index in [9.17, 15) is 53.1 Å². The molecule has 3 rings (SSSR count). The van der Waals surface area contributed by atoms with E-state index in [1.165, 1.54) is 22.6 Å². The van der Waals surface area contributed by atoms with Crippen molar-refractivity contribution < 1.29 is 57.8 Å². The lowest BCUT2D eigenvalue weighted by atomic mass is 9.96. The lowest BCUT2D eigenvalue weighted by molar-refractivity contribution is -0.142. The Labute approximate surface area is 403 Å². The molecule has 25 heteroatoms. The number of hydrogen-bond acceptors (Lipinski definition) is 15. The number of aliphatic hydroxyl groups excluding tert-OH is 1. The summed E-state index contributed by atoms with van der Waals surface area (Å²) in [6, 6.07) is -2.62. The summed E-state index contributed by atoms with van der Waals surface area (Å²) in [7, 11) is 2.27. The summed E-state index contributed by atoms with van der Waals surface area (Å²) in [5, 5.41) is 28.7. The van der Waals surface area contributed by atoms with Crippen molar-refractivity contribution in [2.24, 2.45) is 23.1 Å².